The lowest BCUT2D eigenvalue weighted by Crippen LogP contribution is -2.00. The SMILES string of the molecule is COc1cc(C)c(Cl)c(CCc2cc(C)cnc2C#N)c1. The number of halogens is 1. The monoisotopic (exact) mass is 300 g/mol. The standard InChI is InChI=1S/C17H17ClN2O/c1-11-6-13(16(9-19)20-10-11)4-5-14-8-15(21-3)7-12(2)17(14)18/h6-8,10H,4-5H2,1-3H3. The molecule has 3 nitrogen and oxygen atoms in total. The van der Waals surface area contributed by atoms with E-state index in [2.05, 4.69) is 11.1 Å². The highest BCUT2D eigenvalue weighted by molar-refractivity contribution is 6.32. The number of ether oxygens (including phenoxy) is 1. The normalized spacial score (nSPS) is 10.2. The highest BCUT2D eigenvalue weighted by atomic mass is 35.5. The summed E-state index contributed by atoms with van der Waals surface area (Å²) >= 11 is 6.36. The van der Waals surface area contributed by atoms with Crippen molar-refractivity contribution in [3.8, 4) is 11.8 Å². The van der Waals surface area contributed by atoms with Crippen LogP contribution in [-0.2, 0) is 12.8 Å². The molecule has 0 aliphatic rings. The maximum atomic E-state index is 9.13. The van der Waals surface area contributed by atoms with Gasteiger partial charge >= 0.3 is 0 Å². The second-order valence-electron chi connectivity index (χ2n) is 5.05. The first kappa shape index (κ1) is 15.3. The molecule has 0 aliphatic heterocycles. The molecule has 2 aromatic rings. The maximum Gasteiger partial charge on any atom is 0.143 e. The average molecular weight is 301 g/mol. The summed E-state index contributed by atoms with van der Waals surface area (Å²) in [5.74, 6) is 0.801. The Hall–Kier alpha value is -2.05. The number of methoxy groups -OCH3 is 1. The number of nitriles is 1. The van der Waals surface area contributed by atoms with Gasteiger partial charge in [0.25, 0.3) is 0 Å². The molecular formula is C17H17ClN2O. The highest BCUT2D eigenvalue weighted by Gasteiger charge is 2.09. The summed E-state index contributed by atoms with van der Waals surface area (Å²) in [6.07, 6.45) is 3.19. The van der Waals surface area contributed by atoms with Crippen LogP contribution in [0, 0.1) is 25.2 Å². The third kappa shape index (κ3) is 3.53. The quantitative estimate of drug-likeness (QED) is 0.857. The number of hydrogen-bond acceptors (Lipinski definition) is 3. The van der Waals surface area contributed by atoms with E-state index in [0.29, 0.717) is 5.69 Å². The van der Waals surface area contributed by atoms with Crippen LogP contribution in [0.2, 0.25) is 5.02 Å². The lowest BCUT2D eigenvalue weighted by atomic mass is 10.0. The molecule has 0 N–H and O–H groups in total. The van der Waals surface area contributed by atoms with Crippen LogP contribution < -0.4 is 4.74 Å². The molecule has 0 saturated heterocycles. The van der Waals surface area contributed by atoms with E-state index in [-0.39, 0.29) is 0 Å². The van der Waals surface area contributed by atoms with Gasteiger partial charge in [0.1, 0.15) is 17.5 Å². The van der Waals surface area contributed by atoms with Crippen LogP contribution in [0.25, 0.3) is 0 Å². The van der Waals surface area contributed by atoms with Crippen molar-refractivity contribution < 1.29 is 4.74 Å². The molecule has 0 amide bonds. The van der Waals surface area contributed by atoms with E-state index in [9.17, 15) is 0 Å². The van der Waals surface area contributed by atoms with Crippen LogP contribution in [0.3, 0.4) is 0 Å². The van der Waals surface area contributed by atoms with Gasteiger partial charge in [-0.25, -0.2) is 4.98 Å². The Kier molecular flexibility index (Phi) is 4.82. The molecule has 0 spiro atoms. The van der Waals surface area contributed by atoms with Crippen molar-refractivity contribution in [1.29, 1.82) is 5.26 Å². The Bertz CT molecular complexity index is 705. The van der Waals surface area contributed by atoms with Gasteiger partial charge < -0.3 is 4.74 Å². The zero-order valence-corrected chi connectivity index (χ0v) is 13.2. The molecule has 2 rings (SSSR count). The number of nitrogens with zero attached hydrogens (tertiary/aromatic N) is 2. The first-order valence-corrected chi connectivity index (χ1v) is 7.11. The van der Waals surface area contributed by atoms with Crippen LogP contribution >= 0.6 is 11.6 Å². The van der Waals surface area contributed by atoms with Crippen molar-refractivity contribution in [2.45, 2.75) is 26.7 Å². The molecule has 108 valence electrons. The maximum absolute atomic E-state index is 9.13. The van der Waals surface area contributed by atoms with E-state index >= 15 is 0 Å². The summed E-state index contributed by atoms with van der Waals surface area (Å²) in [5, 5.41) is 9.89. The number of rotatable bonds is 4. The zero-order chi connectivity index (χ0) is 15.4. The first-order chi connectivity index (χ1) is 10.0. The van der Waals surface area contributed by atoms with Crippen LogP contribution in [0.5, 0.6) is 5.75 Å². The van der Waals surface area contributed by atoms with Crippen molar-refractivity contribution >= 4 is 11.6 Å². The molecule has 0 fully saturated rings. The van der Waals surface area contributed by atoms with Gasteiger partial charge in [0.05, 0.1) is 7.11 Å². The van der Waals surface area contributed by atoms with Crippen molar-refractivity contribution in [2.75, 3.05) is 7.11 Å². The minimum Gasteiger partial charge on any atom is -0.497 e. The Morgan fingerprint density at radius 3 is 2.57 bits per heavy atom. The second kappa shape index (κ2) is 6.60. The average Bonchev–Trinajstić information content (AvgIpc) is 2.48. The molecular weight excluding hydrogens is 284 g/mol. The summed E-state index contributed by atoms with van der Waals surface area (Å²) in [6.45, 7) is 3.93. The van der Waals surface area contributed by atoms with Gasteiger partial charge in [-0.3, -0.25) is 0 Å². The van der Waals surface area contributed by atoms with Crippen molar-refractivity contribution in [3.63, 3.8) is 0 Å². The molecule has 0 saturated carbocycles. The van der Waals surface area contributed by atoms with E-state index in [1.165, 1.54) is 0 Å². The van der Waals surface area contributed by atoms with Crippen molar-refractivity contribution in [2.24, 2.45) is 0 Å². The van der Waals surface area contributed by atoms with Gasteiger partial charge in [-0.1, -0.05) is 17.7 Å². The van der Waals surface area contributed by atoms with Crippen molar-refractivity contribution in [3.05, 3.63) is 57.4 Å². The molecule has 21 heavy (non-hydrogen) atoms. The molecule has 1 aromatic heterocycles. The number of hydrogen-bond donors (Lipinski definition) is 0. The summed E-state index contributed by atoms with van der Waals surface area (Å²) in [4.78, 5) is 4.16. The Morgan fingerprint density at radius 2 is 1.90 bits per heavy atom. The van der Waals surface area contributed by atoms with Gasteiger partial charge in [0, 0.05) is 11.2 Å². The third-order valence-electron chi connectivity index (χ3n) is 3.41. The fraction of sp³-hybridized carbons (Fsp3) is 0.294. The van der Waals surface area contributed by atoms with Gasteiger partial charge in [-0.2, -0.15) is 5.26 Å². The molecule has 0 bridgehead atoms. The number of pyridine rings is 1. The van der Waals surface area contributed by atoms with Crippen LogP contribution in [0.4, 0.5) is 0 Å². The topological polar surface area (TPSA) is 45.9 Å². The summed E-state index contributed by atoms with van der Waals surface area (Å²) in [5.41, 5.74) is 4.51. The molecule has 0 aliphatic carbocycles. The molecule has 0 radical (unpaired) electrons. The summed E-state index contributed by atoms with van der Waals surface area (Å²) < 4.78 is 5.28. The Balaban J connectivity index is 2.27. The van der Waals surface area contributed by atoms with Crippen LogP contribution in [0.15, 0.2) is 24.4 Å². The Morgan fingerprint density at radius 1 is 1.19 bits per heavy atom. The molecule has 4 heteroatoms. The van der Waals surface area contributed by atoms with Gasteiger partial charge in [-0.05, 0) is 61.1 Å². The Labute approximate surface area is 130 Å². The fourth-order valence-electron chi connectivity index (χ4n) is 2.30. The van der Waals surface area contributed by atoms with E-state index in [4.69, 9.17) is 21.6 Å². The molecule has 0 atom stereocenters. The summed E-state index contributed by atoms with van der Waals surface area (Å²) in [7, 11) is 1.64. The summed E-state index contributed by atoms with van der Waals surface area (Å²) in [6, 6.07) is 8.01. The van der Waals surface area contributed by atoms with Gasteiger partial charge in [0.15, 0.2) is 0 Å². The van der Waals surface area contributed by atoms with E-state index in [0.717, 1.165) is 45.9 Å². The number of aryl methyl sites for hydroxylation is 4. The van der Waals surface area contributed by atoms with Gasteiger partial charge in [0.2, 0.25) is 0 Å². The first-order valence-electron chi connectivity index (χ1n) is 6.73. The van der Waals surface area contributed by atoms with Crippen LogP contribution in [0.1, 0.15) is 27.9 Å². The smallest absolute Gasteiger partial charge is 0.143 e. The highest BCUT2D eigenvalue weighted by Crippen LogP contribution is 2.27. The van der Waals surface area contributed by atoms with E-state index in [1.54, 1.807) is 13.3 Å². The minimum atomic E-state index is 0.483. The molecule has 1 heterocycles. The molecule has 1 aromatic carbocycles. The minimum absolute atomic E-state index is 0.483. The van der Waals surface area contributed by atoms with Gasteiger partial charge in [-0.15, -0.1) is 0 Å². The lowest BCUT2D eigenvalue weighted by molar-refractivity contribution is 0.414. The zero-order valence-electron chi connectivity index (χ0n) is 12.4. The fourth-order valence-corrected chi connectivity index (χ4v) is 2.50. The largest absolute Gasteiger partial charge is 0.497 e. The lowest BCUT2D eigenvalue weighted by Gasteiger charge is -2.11. The predicted molar refractivity (Wildman–Crippen MR) is 83.8 cm³/mol. The second-order valence-corrected chi connectivity index (χ2v) is 5.43. The number of benzene rings is 1. The van der Waals surface area contributed by atoms with E-state index < -0.39 is 0 Å². The third-order valence-corrected chi connectivity index (χ3v) is 3.95. The predicted octanol–water partition coefficient (Wildman–Crippen LogP) is 4.02. The number of aromatic nitrogens is 1. The van der Waals surface area contributed by atoms with Crippen molar-refractivity contribution in [1.82, 2.24) is 4.98 Å². The molecule has 0 unspecified atom stereocenters. The van der Waals surface area contributed by atoms with E-state index in [1.807, 2.05) is 32.0 Å². The van der Waals surface area contributed by atoms with Crippen LogP contribution in [-0.4, -0.2) is 12.1 Å².